The summed E-state index contributed by atoms with van der Waals surface area (Å²) in [4.78, 5) is 15.0. The summed E-state index contributed by atoms with van der Waals surface area (Å²) in [7, 11) is 0. The van der Waals surface area contributed by atoms with Crippen LogP contribution in [0.4, 0.5) is 0 Å². The number of aromatic amines is 1. The average Bonchev–Trinajstić information content (AvgIpc) is 2.94. The number of H-pyrrole nitrogens is 1. The van der Waals surface area contributed by atoms with E-state index in [4.69, 9.17) is 0 Å². The Morgan fingerprint density at radius 3 is 2.68 bits per heavy atom. The molecular weight excluding hydrogens is 284 g/mol. The van der Waals surface area contributed by atoms with Crippen molar-refractivity contribution in [3.63, 3.8) is 0 Å². The number of benzene rings is 2. The second kappa shape index (κ2) is 5.33. The normalized spacial score (nSPS) is 10.7. The minimum Gasteiger partial charge on any atom is -0.508 e. The first-order valence-corrected chi connectivity index (χ1v) is 6.64. The summed E-state index contributed by atoms with van der Waals surface area (Å²) in [6.07, 6.45) is 0. The highest BCUT2D eigenvalue weighted by Crippen LogP contribution is 2.33. The fourth-order valence-corrected chi connectivity index (χ4v) is 2.24. The van der Waals surface area contributed by atoms with Gasteiger partial charge in [-0.2, -0.15) is 0 Å². The van der Waals surface area contributed by atoms with Crippen molar-refractivity contribution in [1.82, 2.24) is 10.3 Å². The number of nitrogens with one attached hydrogen (secondary N) is 2. The molecule has 1 aromatic heterocycles. The molecule has 2 aromatic carbocycles. The fourth-order valence-electron chi connectivity index (χ4n) is 2.24. The van der Waals surface area contributed by atoms with Gasteiger partial charge in [0, 0.05) is 17.4 Å². The smallest absolute Gasteiger partial charge is 0.267 e. The Bertz CT molecular complexity index is 854. The lowest BCUT2D eigenvalue weighted by molar-refractivity contribution is 0.0946. The Morgan fingerprint density at radius 1 is 1.09 bits per heavy atom. The van der Waals surface area contributed by atoms with Crippen LogP contribution in [0.25, 0.3) is 10.9 Å². The predicted octanol–water partition coefficient (Wildman–Crippen LogP) is 2.21. The molecular formula is C16H14N2O4. The fraction of sp³-hybridized carbons (Fsp3) is 0.0625. The lowest BCUT2D eigenvalue weighted by Crippen LogP contribution is -2.22. The van der Waals surface area contributed by atoms with Gasteiger partial charge in [0.05, 0.1) is 0 Å². The molecule has 0 spiro atoms. The summed E-state index contributed by atoms with van der Waals surface area (Å²) >= 11 is 0. The number of rotatable bonds is 3. The lowest BCUT2D eigenvalue weighted by atomic mass is 10.2. The summed E-state index contributed by atoms with van der Waals surface area (Å²) in [5, 5.41) is 31.7. The van der Waals surface area contributed by atoms with E-state index in [1.165, 1.54) is 12.1 Å². The van der Waals surface area contributed by atoms with Crippen molar-refractivity contribution in [2.24, 2.45) is 0 Å². The van der Waals surface area contributed by atoms with Gasteiger partial charge in [0.25, 0.3) is 5.91 Å². The maximum absolute atomic E-state index is 12.1. The van der Waals surface area contributed by atoms with Gasteiger partial charge >= 0.3 is 0 Å². The van der Waals surface area contributed by atoms with Crippen molar-refractivity contribution in [1.29, 1.82) is 0 Å². The van der Waals surface area contributed by atoms with Gasteiger partial charge in [0.1, 0.15) is 11.4 Å². The number of aromatic nitrogens is 1. The number of amides is 1. The maximum Gasteiger partial charge on any atom is 0.267 e. The third kappa shape index (κ3) is 2.54. The Kier molecular flexibility index (Phi) is 3.34. The Labute approximate surface area is 125 Å². The number of hydrogen-bond acceptors (Lipinski definition) is 4. The van der Waals surface area contributed by atoms with Crippen LogP contribution in [-0.4, -0.2) is 26.2 Å². The average molecular weight is 298 g/mol. The van der Waals surface area contributed by atoms with Crippen LogP contribution in [0.3, 0.4) is 0 Å². The third-order valence-electron chi connectivity index (χ3n) is 3.36. The molecule has 1 amide bonds. The molecule has 3 rings (SSSR count). The molecule has 0 unspecified atom stereocenters. The van der Waals surface area contributed by atoms with Gasteiger partial charge in [-0.1, -0.05) is 12.1 Å². The third-order valence-corrected chi connectivity index (χ3v) is 3.36. The minimum atomic E-state index is -0.349. The minimum absolute atomic E-state index is 0.137. The summed E-state index contributed by atoms with van der Waals surface area (Å²) in [5.74, 6) is -0.713. The number of hydrogen-bond donors (Lipinski definition) is 5. The van der Waals surface area contributed by atoms with Crippen LogP contribution in [0.1, 0.15) is 16.1 Å². The van der Waals surface area contributed by atoms with E-state index in [-0.39, 0.29) is 35.4 Å². The first-order valence-electron chi connectivity index (χ1n) is 6.64. The highest BCUT2D eigenvalue weighted by Gasteiger charge is 2.13. The zero-order valence-electron chi connectivity index (χ0n) is 11.5. The SMILES string of the molecule is O=C(NCc1cccc(O)c1)c1cc2c(O)c(O)ccc2[nH]1. The maximum atomic E-state index is 12.1. The first kappa shape index (κ1) is 13.8. The van der Waals surface area contributed by atoms with Crippen LogP contribution in [0, 0.1) is 0 Å². The molecule has 1 heterocycles. The Hall–Kier alpha value is -3.15. The summed E-state index contributed by atoms with van der Waals surface area (Å²) in [6, 6.07) is 11.0. The monoisotopic (exact) mass is 298 g/mol. The number of carbonyl (C=O) groups excluding carboxylic acids is 1. The summed E-state index contributed by atoms with van der Waals surface area (Å²) in [5.41, 5.74) is 1.60. The van der Waals surface area contributed by atoms with Crippen molar-refractivity contribution in [2.45, 2.75) is 6.54 Å². The largest absolute Gasteiger partial charge is 0.508 e. The van der Waals surface area contributed by atoms with Crippen LogP contribution in [-0.2, 0) is 6.54 Å². The van der Waals surface area contributed by atoms with E-state index < -0.39 is 0 Å². The van der Waals surface area contributed by atoms with Crippen molar-refractivity contribution < 1.29 is 20.1 Å². The summed E-state index contributed by atoms with van der Waals surface area (Å²) in [6.45, 7) is 0.264. The number of aromatic hydroxyl groups is 3. The molecule has 0 radical (unpaired) electrons. The van der Waals surface area contributed by atoms with Gasteiger partial charge in [0.15, 0.2) is 11.5 Å². The molecule has 112 valence electrons. The number of fused-ring (bicyclic) bond motifs is 1. The molecule has 0 aliphatic heterocycles. The van der Waals surface area contributed by atoms with Gasteiger partial charge in [-0.25, -0.2) is 0 Å². The highest BCUT2D eigenvalue weighted by molar-refractivity contribution is 6.00. The van der Waals surface area contributed by atoms with E-state index in [1.807, 2.05) is 0 Å². The molecule has 6 heteroatoms. The van der Waals surface area contributed by atoms with E-state index in [1.54, 1.807) is 30.3 Å². The van der Waals surface area contributed by atoms with Gasteiger partial charge in [-0.3, -0.25) is 4.79 Å². The van der Waals surface area contributed by atoms with Crippen LogP contribution < -0.4 is 5.32 Å². The molecule has 0 aliphatic rings. The number of phenols is 3. The molecule has 0 atom stereocenters. The zero-order valence-corrected chi connectivity index (χ0v) is 11.5. The summed E-state index contributed by atoms with van der Waals surface area (Å²) < 4.78 is 0. The van der Waals surface area contributed by atoms with E-state index in [0.29, 0.717) is 10.9 Å². The molecule has 0 fully saturated rings. The van der Waals surface area contributed by atoms with Gasteiger partial charge in [-0.15, -0.1) is 0 Å². The standard InChI is InChI=1S/C16H14N2O4/c19-10-3-1-2-9(6-10)8-17-16(22)13-7-11-12(18-13)4-5-14(20)15(11)21/h1-7,18-21H,8H2,(H,17,22). The van der Waals surface area contributed by atoms with Gasteiger partial charge < -0.3 is 25.6 Å². The molecule has 0 bridgehead atoms. The predicted molar refractivity (Wildman–Crippen MR) is 80.9 cm³/mol. The first-order chi connectivity index (χ1) is 10.5. The van der Waals surface area contributed by atoms with Crippen LogP contribution in [0.5, 0.6) is 17.2 Å². The van der Waals surface area contributed by atoms with Crippen LogP contribution in [0.2, 0.25) is 0 Å². The number of carbonyl (C=O) groups is 1. The molecule has 0 saturated carbocycles. The highest BCUT2D eigenvalue weighted by atomic mass is 16.3. The van der Waals surface area contributed by atoms with Crippen molar-refractivity contribution in [3.8, 4) is 17.2 Å². The Balaban J connectivity index is 1.79. The molecule has 0 saturated heterocycles. The number of phenolic OH excluding ortho intramolecular Hbond substituents is 3. The van der Waals surface area contributed by atoms with E-state index in [9.17, 15) is 20.1 Å². The zero-order chi connectivity index (χ0) is 15.7. The molecule has 3 aromatic rings. The van der Waals surface area contributed by atoms with Crippen LogP contribution >= 0.6 is 0 Å². The lowest BCUT2D eigenvalue weighted by Gasteiger charge is -2.04. The van der Waals surface area contributed by atoms with E-state index in [2.05, 4.69) is 10.3 Å². The van der Waals surface area contributed by atoms with E-state index in [0.717, 1.165) is 5.56 Å². The molecule has 6 nitrogen and oxygen atoms in total. The van der Waals surface area contributed by atoms with Gasteiger partial charge in [0.2, 0.25) is 0 Å². The molecule has 5 N–H and O–H groups in total. The van der Waals surface area contributed by atoms with Crippen molar-refractivity contribution in [3.05, 3.63) is 53.7 Å². The topological polar surface area (TPSA) is 106 Å². The second-order valence-electron chi connectivity index (χ2n) is 4.93. The quantitative estimate of drug-likeness (QED) is 0.478. The molecule has 0 aliphatic carbocycles. The van der Waals surface area contributed by atoms with Gasteiger partial charge in [-0.05, 0) is 35.9 Å². The van der Waals surface area contributed by atoms with Crippen molar-refractivity contribution >= 4 is 16.8 Å². The second-order valence-corrected chi connectivity index (χ2v) is 4.93. The van der Waals surface area contributed by atoms with Crippen LogP contribution in [0.15, 0.2) is 42.5 Å². The van der Waals surface area contributed by atoms with Crippen molar-refractivity contribution in [2.75, 3.05) is 0 Å². The Morgan fingerprint density at radius 2 is 1.91 bits per heavy atom. The molecule has 22 heavy (non-hydrogen) atoms. The van der Waals surface area contributed by atoms with E-state index >= 15 is 0 Å².